The normalized spacial score (nSPS) is 11.0. The van der Waals surface area contributed by atoms with E-state index in [1.165, 1.54) is 33.9 Å². The average Bonchev–Trinajstić information content (AvgIpc) is 3.13. The van der Waals surface area contributed by atoms with Crippen LogP contribution in [0.3, 0.4) is 0 Å². The van der Waals surface area contributed by atoms with Crippen LogP contribution in [-0.4, -0.2) is 25.2 Å². The van der Waals surface area contributed by atoms with E-state index in [9.17, 15) is 14.0 Å². The van der Waals surface area contributed by atoms with Gasteiger partial charge in [-0.3, -0.25) is 14.2 Å². The molecule has 0 bridgehead atoms. The number of benzene rings is 2. The molecule has 1 amide bonds. The molecule has 0 aliphatic heterocycles. The summed E-state index contributed by atoms with van der Waals surface area (Å²) in [5.74, 6) is -0.547. The summed E-state index contributed by atoms with van der Waals surface area (Å²) in [6.45, 7) is 2.14. The van der Waals surface area contributed by atoms with E-state index in [0.717, 1.165) is 11.3 Å². The number of carbonyl (C=O) groups is 1. The van der Waals surface area contributed by atoms with Crippen LogP contribution in [-0.2, 0) is 11.3 Å². The minimum Gasteiger partial charge on any atom is -0.326 e. The number of aryl methyl sites for hydroxylation is 2. The highest BCUT2D eigenvalue weighted by Crippen LogP contribution is 2.14. The van der Waals surface area contributed by atoms with E-state index in [1.54, 1.807) is 12.1 Å². The van der Waals surface area contributed by atoms with Crippen LogP contribution in [0.25, 0.3) is 16.7 Å². The third-order valence-electron chi connectivity index (χ3n) is 4.51. The molecule has 0 aliphatic rings. The van der Waals surface area contributed by atoms with E-state index in [2.05, 4.69) is 15.4 Å². The first-order valence-electron chi connectivity index (χ1n) is 9.07. The van der Waals surface area contributed by atoms with Gasteiger partial charge in [0.2, 0.25) is 5.91 Å². The van der Waals surface area contributed by atoms with Gasteiger partial charge >= 0.3 is 0 Å². The number of hydrogen-bond donors (Lipinski definition) is 1. The number of fused-ring (bicyclic) bond motifs is 1. The molecule has 0 unspecified atom stereocenters. The van der Waals surface area contributed by atoms with Gasteiger partial charge in [0, 0.05) is 18.7 Å². The van der Waals surface area contributed by atoms with Crippen molar-refractivity contribution in [1.82, 2.24) is 19.3 Å². The Labute approximate surface area is 165 Å². The molecular formula is C21H18FN5O2. The fourth-order valence-corrected chi connectivity index (χ4v) is 3.05. The standard InChI is InChI=1S/C21H18FN5O2/c1-14-3-2-4-16(11-14)25-19(28)9-10-26-13-23-20-18(21(26)29)12-24-27(20)17-7-5-15(22)6-8-17/h2-8,11-13H,9-10H2,1H3,(H,25,28). The topological polar surface area (TPSA) is 81.8 Å². The van der Waals surface area contributed by atoms with Gasteiger partial charge in [-0.1, -0.05) is 12.1 Å². The Hall–Kier alpha value is -3.81. The van der Waals surface area contributed by atoms with Gasteiger partial charge in [-0.15, -0.1) is 0 Å². The summed E-state index contributed by atoms with van der Waals surface area (Å²) >= 11 is 0. The number of hydrogen-bond acceptors (Lipinski definition) is 4. The van der Waals surface area contributed by atoms with Crippen LogP contribution in [0.5, 0.6) is 0 Å². The number of nitrogens with one attached hydrogen (secondary N) is 1. The second kappa shape index (κ2) is 7.67. The lowest BCUT2D eigenvalue weighted by molar-refractivity contribution is -0.116. The van der Waals surface area contributed by atoms with Crippen molar-refractivity contribution >= 4 is 22.6 Å². The Morgan fingerprint density at radius 3 is 2.72 bits per heavy atom. The summed E-state index contributed by atoms with van der Waals surface area (Å²) in [5.41, 5.74) is 2.46. The van der Waals surface area contributed by atoms with Crippen molar-refractivity contribution < 1.29 is 9.18 Å². The van der Waals surface area contributed by atoms with Gasteiger partial charge in [0.1, 0.15) is 11.2 Å². The highest BCUT2D eigenvalue weighted by molar-refractivity contribution is 5.90. The molecule has 8 heteroatoms. The lowest BCUT2D eigenvalue weighted by atomic mass is 10.2. The molecule has 2 aromatic carbocycles. The predicted octanol–water partition coefficient (Wildman–Crippen LogP) is 3.06. The highest BCUT2D eigenvalue weighted by atomic mass is 19.1. The summed E-state index contributed by atoms with van der Waals surface area (Å²) in [6, 6.07) is 13.3. The first kappa shape index (κ1) is 18.5. The quantitative estimate of drug-likeness (QED) is 0.567. The molecule has 0 saturated heterocycles. The van der Waals surface area contributed by atoms with Crippen molar-refractivity contribution in [1.29, 1.82) is 0 Å². The Morgan fingerprint density at radius 2 is 1.97 bits per heavy atom. The van der Waals surface area contributed by atoms with Crippen molar-refractivity contribution in [2.24, 2.45) is 0 Å². The molecule has 4 rings (SSSR count). The van der Waals surface area contributed by atoms with E-state index in [1.807, 2.05) is 31.2 Å². The zero-order valence-electron chi connectivity index (χ0n) is 15.7. The van der Waals surface area contributed by atoms with Crippen LogP contribution in [0.15, 0.2) is 65.8 Å². The van der Waals surface area contributed by atoms with E-state index in [-0.39, 0.29) is 30.2 Å². The second-order valence-corrected chi connectivity index (χ2v) is 6.68. The Morgan fingerprint density at radius 1 is 1.17 bits per heavy atom. The fourth-order valence-electron chi connectivity index (χ4n) is 3.05. The Balaban J connectivity index is 1.51. The van der Waals surface area contributed by atoms with E-state index < -0.39 is 0 Å². The van der Waals surface area contributed by atoms with Gasteiger partial charge in [-0.25, -0.2) is 14.1 Å². The molecule has 0 atom stereocenters. The molecule has 0 radical (unpaired) electrons. The van der Waals surface area contributed by atoms with Gasteiger partial charge in [0.25, 0.3) is 5.56 Å². The van der Waals surface area contributed by atoms with Crippen LogP contribution in [0, 0.1) is 12.7 Å². The van der Waals surface area contributed by atoms with Crippen LogP contribution in [0.2, 0.25) is 0 Å². The second-order valence-electron chi connectivity index (χ2n) is 6.68. The molecule has 7 nitrogen and oxygen atoms in total. The van der Waals surface area contributed by atoms with Gasteiger partial charge < -0.3 is 5.32 Å². The number of halogens is 1. The summed E-state index contributed by atoms with van der Waals surface area (Å²) in [5, 5.41) is 7.34. The van der Waals surface area contributed by atoms with Crippen molar-refractivity contribution in [3.8, 4) is 5.69 Å². The third kappa shape index (κ3) is 3.91. The minimum atomic E-state index is -0.357. The molecule has 0 spiro atoms. The summed E-state index contributed by atoms with van der Waals surface area (Å²) in [7, 11) is 0. The monoisotopic (exact) mass is 391 g/mol. The zero-order chi connectivity index (χ0) is 20.4. The molecule has 4 aromatic rings. The van der Waals surface area contributed by atoms with E-state index in [0.29, 0.717) is 16.7 Å². The van der Waals surface area contributed by atoms with E-state index in [4.69, 9.17) is 0 Å². The van der Waals surface area contributed by atoms with Crippen LogP contribution >= 0.6 is 0 Å². The summed E-state index contributed by atoms with van der Waals surface area (Å²) in [4.78, 5) is 29.2. The SMILES string of the molecule is Cc1cccc(NC(=O)CCn2cnc3c(cnn3-c3ccc(F)cc3)c2=O)c1. The van der Waals surface area contributed by atoms with Gasteiger partial charge in [-0.2, -0.15) is 5.10 Å². The lowest BCUT2D eigenvalue weighted by Crippen LogP contribution is -2.23. The first-order chi connectivity index (χ1) is 14.0. The average molecular weight is 391 g/mol. The number of anilines is 1. The van der Waals surface area contributed by atoms with Gasteiger partial charge in [0.15, 0.2) is 5.65 Å². The maximum absolute atomic E-state index is 13.1. The Bertz CT molecular complexity index is 1240. The molecular weight excluding hydrogens is 373 g/mol. The summed E-state index contributed by atoms with van der Waals surface area (Å²) in [6.07, 6.45) is 2.96. The van der Waals surface area contributed by atoms with E-state index >= 15 is 0 Å². The van der Waals surface area contributed by atoms with Crippen LogP contribution < -0.4 is 10.9 Å². The highest BCUT2D eigenvalue weighted by Gasteiger charge is 2.12. The number of amides is 1. The number of carbonyl (C=O) groups excluding carboxylic acids is 1. The fraction of sp³-hybridized carbons (Fsp3) is 0.143. The number of aromatic nitrogens is 4. The smallest absolute Gasteiger partial charge is 0.264 e. The van der Waals surface area contributed by atoms with Crippen molar-refractivity contribution in [3.05, 3.63) is 82.8 Å². The van der Waals surface area contributed by atoms with Crippen molar-refractivity contribution in [3.63, 3.8) is 0 Å². The number of rotatable bonds is 5. The summed E-state index contributed by atoms with van der Waals surface area (Å²) < 4.78 is 16.0. The zero-order valence-corrected chi connectivity index (χ0v) is 15.7. The molecule has 0 fully saturated rings. The number of nitrogens with zero attached hydrogens (tertiary/aromatic N) is 4. The predicted molar refractivity (Wildman–Crippen MR) is 108 cm³/mol. The molecule has 2 heterocycles. The largest absolute Gasteiger partial charge is 0.326 e. The Kier molecular flexibility index (Phi) is 4.90. The molecule has 0 saturated carbocycles. The molecule has 0 aliphatic carbocycles. The van der Waals surface area contributed by atoms with Crippen LogP contribution in [0.1, 0.15) is 12.0 Å². The van der Waals surface area contributed by atoms with Crippen LogP contribution in [0.4, 0.5) is 10.1 Å². The van der Waals surface area contributed by atoms with Crippen molar-refractivity contribution in [2.45, 2.75) is 19.9 Å². The first-order valence-corrected chi connectivity index (χ1v) is 9.07. The molecule has 1 N–H and O–H groups in total. The molecule has 146 valence electrons. The molecule has 29 heavy (non-hydrogen) atoms. The molecule has 2 aromatic heterocycles. The van der Waals surface area contributed by atoms with Gasteiger partial charge in [-0.05, 0) is 48.9 Å². The third-order valence-corrected chi connectivity index (χ3v) is 4.51. The van der Waals surface area contributed by atoms with Gasteiger partial charge in [0.05, 0.1) is 18.2 Å². The maximum Gasteiger partial charge on any atom is 0.264 e. The van der Waals surface area contributed by atoms with Crippen molar-refractivity contribution in [2.75, 3.05) is 5.32 Å². The lowest BCUT2D eigenvalue weighted by Gasteiger charge is -2.08. The maximum atomic E-state index is 13.1. The minimum absolute atomic E-state index is 0.132.